The normalized spacial score (nSPS) is 20.2. The van der Waals surface area contributed by atoms with E-state index in [1.54, 1.807) is 11.0 Å². The highest BCUT2D eigenvalue weighted by Gasteiger charge is 2.43. The molecular formula is C15H19BrFN5O. The maximum absolute atomic E-state index is 14.6. The van der Waals surface area contributed by atoms with Crippen LogP contribution in [0.3, 0.4) is 0 Å². The Morgan fingerprint density at radius 2 is 1.96 bits per heavy atom. The predicted molar refractivity (Wildman–Crippen MR) is 92.2 cm³/mol. The van der Waals surface area contributed by atoms with Crippen molar-refractivity contribution in [3.8, 4) is 5.75 Å². The molecule has 0 aromatic heterocycles. The Kier molecular flexibility index (Phi) is 4.18. The average Bonchev–Trinajstić information content (AvgIpc) is 2.49. The number of methoxy groups -OCH3 is 1. The van der Waals surface area contributed by atoms with Gasteiger partial charge in [0.2, 0.25) is 11.9 Å². The topological polar surface area (TPSA) is 89.2 Å². The molecule has 3 rings (SSSR count). The molecule has 1 fully saturated rings. The van der Waals surface area contributed by atoms with Gasteiger partial charge in [0.25, 0.3) is 0 Å². The molecule has 1 aliphatic heterocycles. The highest BCUT2D eigenvalue weighted by molar-refractivity contribution is 9.10. The zero-order valence-electron chi connectivity index (χ0n) is 12.9. The molecule has 23 heavy (non-hydrogen) atoms. The Labute approximate surface area is 142 Å². The first-order valence-electron chi connectivity index (χ1n) is 7.49. The summed E-state index contributed by atoms with van der Waals surface area (Å²) in [5.74, 6) is 0.395. The third-order valence-corrected chi connectivity index (χ3v) is 4.93. The van der Waals surface area contributed by atoms with Crippen LogP contribution in [0.15, 0.2) is 26.6 Å². The molecule has 2 aliphatic rings. The number of halogens is 2. The van der Waals surface area contributed by atoms with Crippen molar-refractivity contribution in [2.75, 3.05) is 12.0 Å². The van der Waals surface area contributed by atoms with E-state index in [2.05, 4.69) is 25.9 Å². The van der Waals surface area contributed by atoms with E-state index in [4.69, 9.17) is 16.2 Å². The fraction of sp³-hybridized carbons (Fsp3) is 0.467. The summed E-state index contributed by atoms with van der Waals surface area (Å²) in [5, 5.41) is 0. The van der Waals surface area contributed by atoms with E-state index in [9.17, 15) is 4.39 Å². The molecule has 6 nitrogen and oxygen atoms in total. The number of ether oxygens (including phenoxy) is 1. The van der Waals surface area contributed by atoms with E-state index < -0.39 is 11.5 Å². The summed E-state index contributed by atoms with van der Waals surface area (Å²) >= 11 is 3.29. The van der Waals surface area contributed by atoms with Gasteiger partial charge in [0.15, 0.2) is 0 Å². The second-order valence-electron chi connectivity index (χ2n) is 5.76. The van der Waals surface area contributed by atoms with Crippen molar-refractivity contribution in [2.24, 2.45) is 21.5 Å². The van der Waals surface area contributed by atoms with Gasteiger partial charge in [0.1, 0.15) is 17.2 Å². The molecule has 0 saturated heterocycles. The van der Waals surface area contributed by atoms with Crippen LogP contribution in [-0.2, 0) is 0 Å². The van der Waals surface area contributed by atoms with Crippen LogP contribution >= 0.6 is 15.9 Å². The minimum atomic E-state index is -0.673. The SMILES string of the molecule is COc1cc(N2C(N)=NC(N)=NC23CCCCC3)c(F)cc1Br. The van der Waals surface area contributed by atoms with Crippen LogP contribution in [0.1, 0.15) is 32.1 Å². The van der Waals surface area contributed by atoms with Crippen molar-refractivity contribution >= 4 is 33.5 Å². The monoisotopic (exact) mass is 383 g/mol. The van der Waals surface area contributed by atoms with Crippen molar-refractivity contribution < 1.29 is 9.13 Å². The standard InChI is InChI=1S/C15H19BrFN5O/c1-23-12-8-11(10(17)7-9(12)16)22-14(19)20-13(18)21-15(22)5-3-2-4-6-15/h7-8H,2-6H2,1H3,(H4,18,19,20,21). The lowest BCUT2D eigenvalue weighted by molar-refractivity contribution is 0.303. The Hall–Kier alpha value is -1.83. The van der Waals surface area contributed by atoms with Gasteiger partial charge in [-0.05, 0) is 47.7 Å². The van der Waals surface area contributed by atoms with Crippen molar-refractivity contribution in [3.05, 3.63) is 22.4 Å². The summed E-state index contributed by atoms with van der Waals surface area (Å²) in [5.41, 5.74) is 11.5. The van der Waals surface area contributed by atoms with Gasteiger partial charge in [0.05, 0.1) is 17.3 Å². The smallest absolute Gasteiger partial charge is 0.220 e. The largest absolute Gasteiger partial charge is 0.495 e. The Balaban J connectivity index is 2.14. The lowest BCUT2D eigenvalue weighted by atomic mass is 9.87. The maximum atomic E-state index is 14.6. The quantitative estimate of drug-likeness (QED) is 0.821. The Morgan fingerprint density at radius 1 is 1.26 bits per heavy atom. The number of nitrogens with two attached hydrogens (primary N) is 2. The van der Waals surface area contributed by atoms with E-state index in [1.807, 2.05) is 0 Å². The predicted octanol–water partition coefficient (Wildman–Crippen LogP) is 2.71. The van der Waals surface area contributed by atoms with Gasteiger partial charge < -0.3 is 16.2 Å². The molecule has 0 amide bonds. The molecule has 1 heterocycles. The van der Waals surface area contributed by atoms with Crippen molar-refractivity contribution in [2.45, 2.75) is 37.8 Å². The van der Waals surface area contributed by atoms with E-state index >= 15 is 0 Å². The second kappa shape index (κ2) is 5.99. The molecule has 4 N–H and O–H groups in total. The minimum Gasteiger partial charge on any atom is -0.495 e. The summed E-state index contributed by atoms with van der Waals surface area (Å²) in [6, 6.07) is 2.97. The number of benzene rings is 1. The molecule has 1 saturated carbocycles. The lowest BCUT2D eigenvalue weighted by Gasteiger charge is -2.45. The number of hydrogen-bond donors (Lipinski definition) is 2. The summed E-state index contributed by atoms with van der Waals surface area (Å²) in [6.45, 7) is 0. The Morgan fingerprint density at radius 3 is 2.61 bits per heavy atom. The van der Waals surface area contributed by atoms with E-state index in [0.29, 0.717) is 15.9 Å². The van der Waals surface area contributed by atoms with Gasteiger partial charge in [-0.3, -0.25) is 4.90 Å². The van der Waals surface area contributed by atoms with E-state index in [0.717, 1.165) is 32.1 Å². The number of rotatable bonds is 2. The van der Waals surface area contributed by atoms with E-state index in [-0.39, 0.29) is 11.9 Å². The number of aliphatic imine (C=N–C) groups is 2. The van der Waals surface area contributed by atoms with Crippen LogP contribution in [0.5, 0.6) is 5.75 Å². The molecule has 0 unspecified atom stereocenters. The first-order chi connectivity index (χ1) is 11.0. The highest BCUT2D eigenvalue weighted by atomic mass is 79.9. The maximum Gasteiger partial charge on any atom is 0.220 e. The molecule has 1 aromatic rings. The summed E-state index contributed by atoms with van der Waals surface area (Å²) in [6.07, 6.45) is 4.59. The number of anilines is 1. The van der Waals surface area contributed by atoms with Gasteiger partial charge in [-0.2, -0.15) is 4.99 Å². The second-order valence-corrected chi connectivity index (χ2v) is 6.61. The molecule has 8 heteroatoms. The van der Waals surface area contributed by atoms with Gasteiger partial charge in [0, 0.05) is 6.07 Å². The van der Waals surface area contributed by atoms with Gasteiger partial charge >= 0.3 is 0 Å². The minimum absolute atomic E-state index is 0.144. The van der Waals surface area contributed by atoms with Crippen molar-refractivity contribution in [1.82, 2.24) is 0 Å². The van der Waals surface area contributed by atoms with Crippen LogP contribution in [0.2, 0.25) is 0 Å². The first-order valence-corrected chi connectivity index (χ1v) is 8.29. The van der Waals surface area contributed by atoms with Crippen LogP contribution in [0.25, 0.3) is 0 Å². The lowest BCUT2D eigenvalue weighted by Crippen LogP contribution is -2.58. The third kappa shape index (κ3) is 2.75. The van der Waals surface area contributed by atoms with Crippen LogP contribution in [0.4, 0.5) is 10.1 Å². The zero-order chi connectivity index (χ0) is 16.6. The third-order valence-electron chi connectivity index (χ3n) is 4.31. The molecule has 0 bridgehead atoms. The summed E-state index contributed by atoms with van der Waals surface area (Å²) in [7, 11) is 1.53. The van der Waals surface area contributed by atoms with Gasteiger partial charge in [-0.1, -0.05) is 6.42 Å². The van der Waals surface area contributed by atoms with Gasteiger partial charge in [-0.15, -0.1) is 0 Å². The fourth-order valence-corrected chi connectivity index (χ4v) is 3.79. The molecule has 0 atom stereocenters. The number of hydrogen-bond acceptors (Lipinski definition) is 6. The van der Waals surface area contributed by atoms with Crippen molar-refractivity contribution in [1.29, 1.82) is 0 Å². The van der Waals surface area contributed by atoms with Crippen molar-refractivity contribution in [3.63, 3.8) is 0 Å². The first kappa shape index (κ1) is 16.0. The summed E-state index contributed by atoms with van der Waals surface area (Å²) in [4.78, 5) is 10.2. The summed E-state index contributed by atoms with van der Waals surface area (Å²) < 4.78 is 20.5. The molecule has 1 aliphatic carbocycles. The van der Waals surface area contributed by atoms with E-state index in [1.165, 1.54) is 13.2 Å². The molecule has 124 valence electrons. The van der Waals surface area contributed by atoms with Crippen LogP contribution in [-0.4, -0.2) is 24.7 Å². The highest BCUT2D eigenvalue weighted by Crippen LogP contribution is 2.42. The number of guanidine groups is 2. The molecular weight excluding hydrogens is 365 g/mol. The zero-order valence-corrected chi connectivity index (χ0v) is 14.4. The molecule has 1 spiro atoms. The molecule has 0 radical (unpaired) electrons. The van der Waals surface area contributed by atoms with Gasteiger partial charge in [-0.25, -0.2) is 9.38 Å². The van der Waals surface area contributed by atoms with Crippen LogP contribution in [0, 0.1) is 5.82 Å². The number of nitrogens with zero attached hydrogens (tertiary/aromatic N) is 3. The average molecular weight is 384 g/mol. The molecule has 1 aromatic carbocycles. The van der Waals surface area contributed by atoms with Crippen LogP contribution < -0.4 is 21.1 Å². The fourth-order valence-electron chi connectivity index (χ4n) is 3.32. The Bertz CT molecular complexity index is 685.